The Hall–Kier alpha value is -3.79. The summed E-state index contributed by atoms with van der Waals surface area (Å²) < 4.78 is 10.3. The van der Waals surface area contributed by atoms with Gasteiger partial charge in [0, 0.05) is 23.8 Å². The summed E-state index contributed by atoms with van der Waals surface area (Å²) in [6, 6.07) is 18.1. The Bertz CT molecular complexity index is 1180. The van der Waals surface area contributed by atoms with Gasteiger partial charge in [-0.2, -0.15) is 16.9 Å². The van der Waals surface area contributed by atoms with E-state index in [2.05, 4.69) is 26.9 Å². The number of nitrogens with one attached hydrogen (secondary N) is 4. The quantitative estimate of drug-likeness (QED) is 0.144. The Balaban J connectivity index is 1.31. The van der Waals surface area contributed by atoms with Crippen LogP contribution in [0.4, 0.5) is 5.69 Å². The molecule has 10 heteroatoms. The predicted octanol–water partition coefficient (Wildman–Crippen LogP) is 4.96. The molecule has 0 spiro atoms. The van der Waals surface area contributed by atoms with Gasteiger partial charge in [-0.15, -0.1) is 0 Å². The van der Waals surface area contributed by atoms with Crippen molar-refractivity contribution in [3.63, 3.8) is 0 Å². The highest BCUT2D eigenvalue weighted by atomic mass is 35.5. The summed E-state index contributed by atoms with van der Waals surface area (Å²) in [6.45, 7) is 0.395. The lowest BCUT2D eigenvalue weighted by molar-refractivity contribution is -0.115. The van der Waals surface area contributed by atoms with E-state index in [1.165, 1.54) is 17.6 Å². The van der Waals surface area contributed by atoms with Crippen LogP contribution in [-0.2, 0) is 11.3 Å². The third-order valence-electron chi connectivity index (χ3n) is 4.43. The summed E-state index contributed by atoms with van der Waals surface area (Å²) in [4.78, 5) is 12.8. The molecule has 4 rings (SSSR count). The molecule has 4 N–H and O–H groups in total. The van der Waals surface area contributed by atoms with E-state index in [0.717, 1.165) is 16.8 Å². The van der Waals surface area contributed by atoms with Crippen molar-refractivity contribution in [1.29, 1.82) is 0 Å². The van der Waals surface area contributed by atoms with E-state index in [9.17, 15) is 4.79 Å². The van der Waals surface area contributed by atoms with Gasteiger partial charge < -0.3 is 25.4 Å². The third-order valence-corrected chi connectivity index (χ3v) is 5.36. The van der Waals surface area contributed by atoms with Gasteiger partial charge in [0.25, 0.3) is 11.8 Å². The van der Waals surface area contributed by atoms with Gasteiger partial charge in [0.2, 0.25) is 0 Å². The summed E-state index contributed by atoms with van der Waals surface area (Å²) in [5.74, 6) is 0.808. The number of halogens is 1. The van der Waals surface area contributed by atoms with Crippen LogP contribution in [0.25, 0.3) is 5.57 Å². The Labute approximate surface area is 199 Å². The second kappa shape index (κ2) is 11.2. The zero-order valence-electron chi connectivity index (χ0n) is 17.2. The fourth-order valence-corrected chi connectivity index (χ4v) is 3.56. The number of carbonyl (C=O) groups excluding carboxylic acids is 1. The Morgan fingerprint density at radius 3 is 2.61 bits per heavy atom. The van der Waals surface area contributed by atoms with Crippen molar-refractivity contribution in [3.8, 4) is 11.6 Å². The molecule has 0 fully saturated rings. The van der Waals surface area contributed by atoms with Gasteiger partial charge in [-0.05, 0) is 69.5 Å². The van der Waals surface area contributed by atoms with Crippen molar-refractivity contribution in [1.82, 2.24) is 21.4 Å². The van der Waals surface area contributed by atoms with Crippen molar-refractivity contribution in [3.05, 3.63) is 100 Å². The van der Waals surface area contributed by atoms with Gasteiger partial charge in [0.05, 0.1) is 11.3 Å². The fourth-order valence-electron chi connectivity index (χ4n) is 2.78. The molecule has 2 aromatic carbocycles. The molecule has 8 nitrogen and oxygen atoms in total. The van der Waals surface area contributed by atoms with Crippen LogP contribution in [0.5, 0.6) is 11.6 Å². The van der Waals surface area contributed by atoms with Gasteiger partial charge in [0.15, 0.2) is 0 Å². The smallest absolute Gasteiger partial charge is 0.259 e. The minimum atomic E-state index is -0.202. The Morgan fingerprint density at radius 2 is 1.91 bits per heavy atom. The van der Waals surface area contributed by atoms with Crippen LogP contribution in [0.1, 0.15) is 11.1 Å². The predicted molar refractivity (Wildman–Crippen MR) is 129 cm³/mol. The first-order valence-corrected chi connectivity index (χ1v) is 11.2. The molecule has 0 aliphatic heterocycles. The number of aromatic nitrogens is 1. The van der Waals surface area contributed by atoms with Crippen LogP contribution < -0.4 is 26.4 Å². The molecule has 33 heavy (non-hydrogen) atoms. The van der Waals surface area contributed by atoms with Crippen molar-refractivity contribution in [2.75, 3.05) is 5.43 Å². The monoisotopic (exact) mass is 481 g/mol. The summed E-state index contributed by atoms with van der Waals surface area (Å²) in [6.07, 6.45) is 3.05. The number of rotatable bonds is 10. The van der Waals surface area contributed by atoms with Crippen LogP contribution in [0.15, 0.2) is 88.4 Å². The highest BCUT2D eigenvalue weighted by Gasteiger charge is 2.12. The maximum atomic E-state index is 12.8. The molecule has 0 saturated heterocycles. The lowest BCUT2D eigenvalue weighted by Crippen LogP contribution is -2.34. The van der Waals surface area contributed by atoms with E-state index in [0.29, 0.717) is 28.8 Å². The van der Waals surface area contributed by atoms with Gasteiger partial charge in [-0.3, -0.25) is 4.79 Å². The zero-order valence-corrected chi connectivity index (χ0v) is 18.8. The summed E-state index contributed by atoms with van der Waals surface area (Å²) in [7, 11) is 0. The largest absolute Gasteiger partial charge is 0.436 e. The zero-order chi connectivity index (χ0) is 22.9. The Kier molecular flexibility index (Phi) is 7.60. The van der Waals surface area contributed by atoms with E-state index >= 15 is 0 Å². The average Bonchev–Trinajstić information content (AvgIpc) is 3.54. The molecule has 4 aromatic rings. The Morgan fingerprint density at radius 1 is 1.09 bits per heavy atom. The minimum absolute atomic E-state index is 0.202. The standard InChI is InChI=1S/C23H20ClN5O3S/c24-18-3-1-16(2-4-18)13-25-23(30)21(17-10-12-33-15-17)14-26-29-27-19-5-7-20(8-6-19)32-22-9-11-31-28-22/h1-12,14-15,26-27,29H,13H2,(H,25,30)/b21-14-. The number of amides is 1. The van der Waals surface area contributed by atoms with Gasteiger partial charge in [-0.25, -0.2) is 0 Å². The molecule has 0 bridgehead atoms. The van der Waals surface area contributed by atoms with Crippen LogP contribution >= 0.6 is 22.9 Å². The van der Waals surface area contributed by atoms with E-state index in [-0.39, 0.29) is 5.91 Å². The van der Waals surface area contributed by atoms with Crippen molar-refractivity contribution < 1.29 is 14.1 Å². The van der Waals surface area contributed by atoms with Gasteiger partial charge in [-0.1, -0.05) is 23.7 Å². The van der Waals surface area contributed by atoms with Gasteiger partial charge >= 0.3 is 0 Å². The number of hydrogen-bond acceptors (Lipinski definition) is 8. The first-order chi connectivity index (χ1) is 16.2. The highest BCUT2D eigenvalue weighted by Crippen LogP contribution is 2.21. The van der Waals surface area contributed by atoms with Crippen LogP contribution in [0.2, 0.25) is 5.02 Å². The van der Waals surface area contributed by atoms with E-state index in [4.69, 9.17) is 20.9 Å². The fraction of sp³-hybridized carbons (Fsp3) is 0.0435. The second-order valence-electron chi connectivity index (χ2n) is 6.74. The number of anilines is 1. The highest BCUT2D eigenvalue weighted by molar-refractivity contribution is 7.08. The number of hydrogen-bond donors (Lipinski definition) is 4. The maximum absolute atomic E-state index is 12.8. The number of ether oxygens (including phenoxy) is 1. The molecule has 0 atom stereocenters. The van der Waals surface area contributed by atoms with Crippen molar-refractivity contribution >= 4 is 40.1 Å². The second-order valence-corrected chi connectivity index (χ2v) is 7.95. The average molecular weight is 482 g/mol. The lowest BCUT2D eigenvalue weighted by atomic mass is 10.1. The molecule has 0 aliphatic rings. The number of thiophene rings is 1. The minimum Gasteiger partial charge on any atom is -0.436 e. The first-order valence-electron chi connectivity index (χ1n) is 9.87. The van der Waals surface area contributed by atoms with Crippen molar-refractivity contribution in [2.24, 2.45) is 0 Å². The van der Waals surface area contributed by atoms with Crippen LogP contribution in [0, 0.1) is 0 Å². The van der Waals surface area contributed by atoms with E-state index in [1.807, 2.05) is 41.1 Å². The molecule has 0 aliphatic carbocycles. The number of benzene rings is 2. The molecular weight excluding hydrogens is 462 g/mol. The van der Waals surface area contributed by atoms with Crippen molar-refractivity contribution in [2.45, 2.75) is 6.54 Å². The third kappa shape index (κ3) is 6.59. The lowest BCUT2D eigenvalue weighted by Gasteiger charge is -2.11. The molecule has 0 saturated carbocycles. The van der Waals surface area contributed by atoms with Crippen LogP contribution in [0.3, 0.4) is 0 Å². The number of hydrazine groups is 2. The van der Waals surface area contributed by atoms with Gasteiger partial charge in [0.1, 0.15) is 12.0 Å². The van der Waals surface area contributed by atoms with E-state index in [1.54, 1.807) is 36.5 Å². The SMILES string of the molecule is O=C(NCc1ccc(Cl)cc1)/C(=C\NNNc1ccc(Oc2ccon2)cc1)c1ccsc1. The number of nitrogens with zero attached hydrogens (tertiary/aromatic N) is 1. The number of carbonyl (C=O) groups is 1. The summed E-state index contributed by atoms with van der Waals surface area (Å²) in [5, 5.41) is 11.1. The van der Waals surface area contributed by atoms with E-state index < -0.39 is 0 Å². The first kappa shape index (κ1) is 22.4. The maximum Gasteiger partial charge on any atom is 0.259 e. The molecule has 2 aromatic heterocycles. The topological polar surface area (TPSA) is 100 Å². The summed E-state index contributed by atoms with van der Waals surface area (Å²) >= 11 is 7.43. The normalized spacial score (nSPS) is 11.1. The molecule has 168 valence electrons. The molecule has 2 heterocycles. The molecule has 1 amide bonds. The molecular formula is C23H20ClN5O3S. The van der Waals surface area contributed by atoms with Crippen LogP contribution in [-0.4, -0.2) is 11.1 Å². The molecule has 0 radical (unpaired) electrons. The summed E-state index contributed by atoms with van der Waals surface area (Å²) in [5.41, 5.74) is 11.8. The molecule has 0 unspecified atom stereocenters.